The number of anilines is 1. The van der Waals surface area contributed by atoms with Crippen LogP contribution in [0, 0.1) is 11.7 Å². The Hall–Kier alpha value is -1.66. The molecular formula is C18H22ClFN2O3. The van der Waals surface area contributed by atoms with Crippen LogP contribution in [0.15, 0.2) is 23.2 Å². The molecule has 1 atom stereocenters. The first-order chi connectivity index (χ1) is 11.9. The van der Waals surface area contributed by atoms with Crippen molar-refractivity contribution in [2.24, 2.45) is 10.9 Å². The highest BCUT2D eigenvalue weighted by molar-refractivity contribution is 6.31. The van der Waals surface area contributed by atoms with Gasteiger partial charge in [0.05, 0.1) is 23.9 Å². The summed E-state index contributed by atoms with van der Waals surface area (Å²) in [7, 11) is 0. The summed E-state index contributed by atoms with van der Waals surface area (Å²) in [5, 5.41) is 10.7. The van der Waals surface area contributed by atoms with E-state index >= 15 is 0 Å². The molecule has 0 bridgehead atoms. The second-order valence-electron chi connectivity index (χ2n) is 6.58. The first kappa shape index (κ1) is 18.1. The lowest BCUT2D eigenvalue weighted by atomic mass is 10.0. The zero-order chi connectivity index (χ0) is 18.0. The number of hydrogen-bond donors (Lipinski definition) is 1. The third-order valence-corrected chi connectivity index (χ3v) is 5.07. The Morgan fingerprint density at radius 1 is 1.48 bits per heavy atom. The highest BCUT2D eigenvalue weighted by Gasteiger charge is 2.47. The molecule has 1 aromatic carbocycles. The summed E-state index contributed by atoms with van der Waals surface area (Å²) in [4.78, 5) is 17.9. The minimum Gasteiger partial charge on any atom is -0.462 e. The van der Waals surface area contributed by atoms with E-state index in [0.717, 1.165) is 25.7 Å². The molecule has 1 saturated carbocycles. The van der Waals surface area contributed by atoms with Crippen LogP contribution in [-0.2, 0) is 9.53 Å². The third-order valence-electron chi connectivity index (χ3n) is 4.77. The number of ether oxygens (including phenoxy) is 1. The number of amidine groups is 1. The molecule has 1 aliphatic carbocycles. The molecule has 1 fully saturated rings. The molecule has 136 valence electrons. The summed E-state index contributed by atoms with van der Waals surface area (Å²) < 4.78 is 19.5. The Kier molecular flexibility index (Phi) is 5.29. The molecule has 0 saturated heterocycles. The number of aliphatic hydroxyl groups is 1. The van der Waals surface area contributed by atoms with Crippen LogP contribution >= 0.6 is 11.6 Å². The van der Waals surface area contributed by atoms with Gasteiger partial charge in [-0.25, -0.2) is 14.2 Å². The number of rotatable bonds is 5. The highest BCUT2D eigenvalue weighted by Crippen LogP contribution is 2.35. The molecule has 0 spiro atoms. The fourth-order valence-corrected chi connectivity index (χ4v) is 3.70. The number of nitrogens with zero attached hydrogens (tertiary/aromatic N) is 2. The molecule has 0 amide bonds. The predicted octanol–water partition coefficient (Wildman–Crippen LogP) is 3.53. The van der Waals surface area contributed by atoms with Crippen molar-refractivity contribution in [2.45, 2.75) is 44.8 Å². The van der Waals surface area contributed by atoms with Gasteiger partial charge in [0.1, 0.15) is 5.84 Å². The van der Waals surface area contributed by atoms with Crippen molar-refractivity contribution in [3.05, 3.63) is 29.0 Å². The van der Waals surface area contributed by atoms with E-state index in [1.165, 1.54) is 6.07 Å². The van der Waals surface area contributed by atoms with E-state index in [-0.39, 0.29) is 23.9 Å². The van der Waals surface area contributed by atoms with Gasteiger partial charge in [-0.1, -0.05) is 43.4 Å². The van der Waals surface area contributed by atoms with Gasteiger partial charge in [-0.05, 0) is 25.0 Å². The first-order valence-corrected chi connectivity index (χ1v) is 9.02. The minimum atomic E-state index is -2.02. The van der Waals surface area contributed by atoms with Crippen LogP contribution in [0.2, 0.25) is 5.02 Å². The number of halogens is 2. The smallest absolute Gasteiger partial charge is 0.363 e. The summed E-state index contributed by atoms with van der Waals surface area (Å²) in [5.41, 5.74) is -1.80. The maximum Gasteiger partial charge on any atom is 0.363 e. The second kappa shape index (κ2) is 7.30. The van der Waals surface area contributed by atoms with E-state index in [0.29, 0.717) is 18.2 Å². The number of carbonyl (C=O) groups excluding carboxylic acids is 1. The van der Waals surface area contributed by atoms with Crippen molar-refractivity contribution in [3.63, 3.8) is 0 Å². The van der Waals surface area contributed by atoms with Crippen molar-refractivity contribution in [1.29, 1.82) is 0 Å². The number of β-amino-alcohol motifs (C(OH)–C–C–N with tert-alkyl or cyclic N) is 1. The van der Waals surface area contributed by atoms with Crippen LogP contribution in [0.4, 0.5) is 10.1 Å². The molecule has 3 rings (SSSR count). The normalized spacial score (nSPS) is 23.8. The number of carbonyl (C=O) groups is 1. The van der Waals surface area contributed by atoms with Crippen molar-refractivity contribution in [2.75, 3.05) is 18.1 Å². The van der Waals surface area contributed by atoms with Crippen LogP contribution < -0.4 is 4.90 Å². The summed E-state index contributed by atoms with van der Waals surface area (Å²) in [6.07, 6.45) is 5.05. The van der Waals surface area contributed by atoms with E-state index in [9.17, 15) is 14.3 Å². The molecule has 1 aromatic rings. The quantitative estimate of drug-likeness (QED) is 0.807. The molecule has 1 N–H and O–H groups in total. The molecule has 5 nitrogen and oxygen atoms in total. The maximum atomic E-state index is 14.5. The van der Waals surface area contributed by atoms with Gasteiger partial charge in [0.25, 0.3) is 5.72 Å². The average molecular weight is 369 g/mol. The lowest BCUT2D eigenvalue weighted by Crippen LogP contribution is -2.44. The third kappa shape index (κ3) is 3.65. The molecule has 2 aliphatic rings. The van der Waals surface area contributed by atoms with Gasteiger partial charge in [0, 0.05) is 6.42 Å². The Bertz CT molecular complexity index is 691. The molecule has 0 aromatic heterocycles. The van der Waals surface area contributed by atoms with Gasteiger partial charge >= 0.3 is 5.97 Å². The Morgan fingerprint density at radius 2 is 2.20 bits per heavy atom. The Labute approximate surface area is 151 Å². The van der Waals surface area contributed by atoms with Gasteiger partial charge in [-0.3, -0.25) is 0 Å². The zero-order valence-corrected chi connectivity index (χ0v) is 14.9. The van der Waals surface area contributed by atoms with E-state index in [1.54, 1.807) is 24.0 Å². The van der Waals surface area contributed by atoms with Crippen molar-refractivity contribution in [3.8, 4) is 0 Å². The monoisotopic (exact) mass is 368 g/mol. The van der Waals surface area contributed by atoms with Gasteiger partial charge in [-0.2, -0.15) is 0 Å². The van der Waals surface area contributed by atoms with Gasteiger partial charge < -0.3 is 14.7 Å². The second-order valence-corrected chi connectivity index (χ2v) is 6.99. The summed E-state index contributed by atoms with van der Waals surface area (Å²) >= 11 is 5.90. The SMILES string of the molecule is CCOC(=O)C1(O)CN(c2cccc(Cl)c2F)C(CC2CCCC2)=N1. The standard InChI is InChI=1S/C18H22ClFN2O3/c1-2-25-17(23)18(24)11-22(14-9-5-8-13(19)16(14)20)15(21-18)10-12-6-3-4-7-12/h5,8-9,12,24H,2-4,6-7,10-11H2,1H3. The highest BCUT2D eigenvalue weighted by atomic mass is 35.5. The number of hydrogen-bond acceptors (Lipinski definition) is 5. The summed E-state index contributed by atoms with van der Waals surface area (Å²) in [6, 6.07) is 4.67. The molecule has 25 heavy (non-hydrogen) atoms. The maximum absolute atomic E-state index is 14.5. The minimum absolute atomic E-state index is 0.00992. The largest absolute Gasteiger partial charge is 0.462 e. The first-order valence-electron chi connectivity index (χ1n) is 8.64. The average Bonchev–Trinajstić information content (AvgIpc) is 3.19. The number of esters is 1. The van der Waals surface area contributed by atoms with Crippen molar-refractivity contribution < 1.29 is 19.0 Å². The van der Waals surface area contributed by atoms with Crippen LogP contribution in [-0.4, -0.2) is 35.8 Å². The van der Waals surface area contributed by atoms with Crippen LogP contribution in [0.25, 0.3) is 0 Å². The zero-order valence-electron chi connectivity index (χ0n) is 14.2. The summed E-state index contributed by atoms with van der Waals surface area (Å²) in [5.74, 6) is -0.475. The molecular weight excluding hydrogens is 347 g/mol. The fraction of sp³-hybridized carbons (Fsp3) is 0.556. The van der Waals surface area contributed by atoms with E-state index in [2.05, 4.69) is 4.99 Å². The lowest BCUT2D eigenvalue weighted by Gasteiger charge is -2.24. The number of aliphatic imine (C=N–C) groups is 1. The topological polar surface area (TPSA) is 62.1 Å². The van der Waals surface area contributed by atoms with Crippen molar-refractivity contribution in [1.82, 2.24) is 0 Å². The van der Waals surface area contributed by atoms with Gasteiger partial charge in [-0.15, -0.1) is 0 Å². The van der Waals surface area contributed by atoms with Crippen molar-refractivity contribution >= 4 is 29.1 Å². The predicted molar refractivity (Wildman–Crippen MR) is 94.3 cm³/mol. The van der Waals surface area contributed by atoms with Gasteiger partial charge in [0.15, 0.2) is 5.82 Å². The van der Waals surface area contributed by atoms with Crippen LogP contribution in [0.1, 0.15) is 39.0 Å². The van der Waals surface area contributed by atoms with Crippen LogP contribution in [0.5, 0.6) is 0 Å². The number of benzene rings is 1. The van der Waals surface area contributed by atoms with E-state index in [4.69, 9.17) is 16.3 Å². The molecule has 1 aliphatic heterocycles. The molecule has 1 unspecified atom stereocenters. The lowest BCUT2D eigenvalue weighted by molar-refractivity contribution is -0.162. The van der Waals surface area contributed by atoms with Crippen LogP contribution in [0.3, 0.4) is 0 Å². The Balaban J connectivity index is 1.93. The van der Waals surface area contributed by atoms with E-state index in [1.807, 2.05) is 0 Å². The molecule has 7 heteroatoms. The fourth-order valence-electron chi connectivity index (χ4n) is 3.53. The summed E-state index contributed by atoms with van der Waals surface area (Å²) in [6.45, 7) is 1.62. The molecule has 1 heterocycles. The molecule has 0 radical (unpaired) electrons. The van der Waals surface area contributed by atoms with E-state index < -0.39 is 17.5 Å². The van der Waals surface area contributed by atoms with Gasteiger partial charge in [0.2, 0.25) is 0 Å². The Morgan fingerprint density at radius 3 is 2.88 bits per heavy atom.